The van der Waals surface area contributed by atoms with Gasteiger partial charge in [-0.2, -0.15) is 5.10 Å². The molecular formula is C17H13F2N3O. The van der Waals surface area contributed by atoms with E-state index in [0.29, 0.717) is 5.82 Å². The van der Waals surface area contributed by atoms with Crippen molar-refractivity contribution in [3.63, 3.8) is 0 Å². The van der Waals surface area contributed by atoms with Gasteiger partial charge in [0.2, 0.25) is 5.91 Å². The second kappa shape index (κ2) is 6.39. The zero-order chi connectivity index (χ0) is 16.2. The van der Waals surface area contributed by atoms with E-state index >= 15 is 0 Å². The van der Waals surface area contributed by atoms with Crippen LogP contribution in [0.1, 0.15) is 5.56 Å². The number of nitrogens with zero attached hydrogens (tertiary/aromatic N) is 2. The fraction of sp³-hybridized carbons (Fsp3) is 0.0588. The van der Waals surface area contributed by atoms with Gasteiger partial charge in [0.05, 0.1) is 12.1 Å². The molecule has 2 aromatic carbocycles. The molecule has 1 amide bonds. The SMILES string of the molecule is O=C(Cc1cccc(F)c1F)Nc1ccn(-c2ccccc2)n1. The van der Waals surface area contributed by atoms with E-state index in [-0.39, 0.29) is 12.0 Å². The van der Waals surface area contributed by atoms with Gasteiger partial charge in [-0.25, -0.2) is 13.5 Å². The summed E-state index contributed by atoms with van der Waals surface area (Å²) in [6.07, 6.45) is 1.44. The number of benzene rings is 2. The average Bonchev–Trinajstić information content (AvgIpc) is 3.01. The Bertz CT molecular complexity index is 831. The molecule has 1 N–H and O–H groups in total. The maximum atomic E-state index is 13.6. The Morgan fingerprint density at radius 1 is 1.04 bits per heavy atom. The molecule has 1 heterocycles. The number of halogens is 2. The second-order valence-electron chi connectivity index (χ2n) is 4.92. The number of hydrogen-bond donors (Lipinski definition) is 1. The molecule has 0 radical (unpaired) electrons. The van der Waals surface area contributed by atoms with Crippen LogP contribution in [0.4, 0.5) is 14.6 Å². The van der Waals surface area contributed by atoms with Crippen molar-refractivity contribution in [2.24, 2.45) is 0 Å². The summed E-state index contributed by atoms with van der Waals surface area (Å²) < 4.78 is 28.3. The number of carbonyl (C=O) groups is 1. The Balaban J connectivity index is 1.69. The highest BCUT2D eigenvalue weighted by atomic mass is 19.2. The lowest BCUT2D eigenvalue weighted by molar-refractivity contribution is -0.115. The van der Waals surface area contributed by atoms with Crippen LogP contribution < -0.4 is 5.32 Å². The van der Waals surface area contributed by atoms with E-state index in [9.17, 15) is 13.6 Å². The summed E-state index contributed by atoms with van der Waals surface area (Å²) in [7, 11) is 0. The Hall–Kier alpha value is -3.02. The molecule has 3 aromatic rings. The summed E-state index contributed by atoms with van der Waals surface area (Å²) in [6.45, 7) is 0. The molecule has 0 bridgehead atoms. The summed E-state index contributed by atoms with van der Waals surface area (Å²) in [4.78, 5) is 11.9. The van der Waals surface area contributed by atoms with Crippen LogP contribution in [0.15, 0.2) is 60.8 Å². The average molecular weight is 313 g/mol. The van der Waals surface area contributed by atoms with Crippen LogP contribution in [-0.2, 0) is 11.2 Å². The lowest BCUT2D eigenvalue weighted by Gasteiger charge is -2.04. The molecule has 0 aliphatic carbocycles. The molecule has 3 rings (SSSR count). The number of rotatable bonds is 4. The highest BCUT2D eigenvalue weighted by Gasteiger charge is 2.12. The predicted molar refractivity (Wildman–Crippen MR) is 82.3 cm³/mol. The molecule has 116 valence electrons. The minimum atomic E-state index is -1.00. The fourth-order valence-electron chi connectivity index (χ4n) is 2.16. The standard InChI is InChI=1S/C17H13F2N3O/c18-14-8-4-5-12(17(14)19)11-16(23)20-15-9-10-22(21-15)13-6-2-1-3-7-13/h1-10H,11H2,(H,20,21,23). The minimum Gasteiger partial charge on any atom is -0.309 e. The van der Waals surface area contributed by atoms with Gasteiger partial charge in [0.25, 0.3) is 0 Å². The third-order valence-corrected chi connectivity index (χ3v) is 3.26. The van der Waals surface area contributed by atoms with Crippen LogP contribution in [0.25, 0.3) is 5.69 Å². The number of carbonyl (C=O) groups excluding carboxylic acids is 1. The lowest BCUT2D eigenvalue weighted by atomic mass is 10.1. The smallest absolute Gasteiger partial charge is 0.230 e. The van der Waals surface area contributed by atoms with E-state index in [1.807, 2.05) is 30.3 Å². The molecule has 0 atom stereocenters. The van der Waals surface area contributed by atoms with Gasteiger partial charge in [0.1, 0.15) is 0 Å². The quantitative estimate of drug-likeness (QED) is 0.803. The van der Waals surface area contributed by atoms with Crippen LogP contribution in [0.5, 0.6) is 0 Å². The number of anilines is 1. The third-order valence-electron chi connectivity index (χ3n) is 3.26. The van der Waals surface area contributed by atoms with E-state index < -0.39 is 17.5 Å². The highest BCUT2D eigenvalue weighted by Crippen LogP contribution is 2.14. The molecule has 0 saturated carbocycles. The maximum absolute atomic E-state index is 13.6. The van der Waals surface area contributed by atoms with Crippen LogP contribution >= 0.6 is 0 Å². The van der Waals surface area contributed by atoms with E-state index in [0.717, 1.165) is 11.8 Å². The number of hydrogen-bond acceptors (Lipinski definition) is 2. The summed E-state index contributed by atoms with van der Waals surface area (Å²) in [6, 6.07) is 14.8. The van der Waals surface area contributed by atoms with Crippen LogP contribution in [0, 0.1) is 11.6 Å². The van der Waals surface area contributed by atoms with Crippen molar-refractivity contribution in [3.8, 4) is 5.69 Å². The first-order valence-electron chi connectivity index (χ1n) is 6.97. The molecule has 1 aromatic heterocycles. The van der Waals surface area contributed by atoms with Crippen LogP contribution in [-0.4, -0.2) is 15.7 Å². The third kappa shape index (κ3) is 3.42. The second-order valence-corrected chi connectivity index (χ2v) is 4.92. The first-order chi connectivity index (χ1) is 11.1. The highest BCUT2D eigenvalue weighted by molar-refractivity contribution is 5.91. The first kappa shape index (κ1) is 14.9. The topological polar surface area (TPSA) is 46.9 Å². The summed E-state index contributed by atoms with van der Waals surface area (Å²) in [5.74, 6) is -2.09. The van der Waals surface area contributed by atoms with Gasteiger partial charge in [-0.3, -0.25) is 4.79 Å². The maximum Gasteiger partial charge on any atom is 0.230 e. The van der Waals surface area contributed by atoms with Gasteiger partial charge in [-0.1, -0.05) is 30.3 Å². The Morgan fingerprint density at radius 3 is 2.61 bits per heavy atom. The van der Waals surface area contributed by atoms with Gasteiger partial charge in [-0.05, 0) is 18.2 Å². The van der Waals surface area contributed by atoms with Gasteiger partial charge in [0.15, 0.2) is 17.5 Å². The molecular weight excluding hydrogens is 300 g/mol. The normalized spacial score (nSPS) is 10.5. The molecule has 0 spiro atoms. The van der Waals surface area contributed by atoms with Crippen LogP contribution in [0.3, 0.4) is 0 Å². The van der Waals surface area contributed by atoms with E-state index in [1.54, 1.807) is 16.9 Å². The molecule has 4 nitrogen and oxygen atoms in total. The van der Waals surface area contributed by atoms with E-state index in [4.69, 9.17) is 0 Å². The van der Waals surface area contributed by atoms with Crippen molar-refractivity contribution in [2.45, 2.75) is 6.42 Å². The van der Waals surface area contributed by atoms with Crippen LogP contribution in [0.2, 0.25) is 0 Å². The largest absolute Gasteiger partial charge is 0.309 e. The summed E-state index contributed by atoms with van der Waals surface area (Å²) >= 11 is 0. The van der Waals surface area contributed by atoms with Crippen molar-refractivity contribution in [1.29, 1.82) is 0 Å². The van der Waals surface area contributed by atoms with E-state index in [2.05, 4.69) is 10.4 Å². The molecule has 0 aliphatic rings. The zero-order valence-corrected chi connectivity index (χ0v) is 12.0. The molecule has 0 unspecified atom stereocenters. The van der Waals surface area contributed by atoms with Crippen molar-refractivity contribution in [3.05, 3.63) is 78.0 Å². The molecule has 0 aliphatic heterocycles. The predicted octanol–water partition coefficient (Wildman–Crippen LogP) is 3.33. The number of para-hydroxylation sites is 1. The zero-order valence-electron chi connectivity index (χ0n) is 12.0. The van der Waals surface area contributed by atoms with E-state index in [1.165, 1.54) is 12.1 Å². The molecule has 0 fully saturated rings. The molecule has 23 heavy (non-hydrogen) atoms. The van der Waals surface area contributed by atoms with Gasteiger partial charge >= 0.3 is 0 Å². The summed E-state index contributed by atoms with van der Waals surface area (Å²) in [5, 5.41) is 6.79. The minimum absolute atomic E-state index is 0.00462. The van der Waals surface area contributed by atoms with Crippen molar-refractivity contribution < 1.29 is 13.6 Å². The molecule has 6 heteroatoms. The number of amides is 1. The Labute approximate surface area is 131 Å². The van der Waals surface area contributed by atoms with Gasteiger partial charge in [0, 0.05) is 17.8 Å². The summed E-state index contributed by atoms with van der Waals surface area (Å²) in [5.41, 5.74) is 0.856. The van der Waals surface area contributed by atoms with Gasteiger partial charge in [-0.15, -0.1) is 0 Å². The lowest BCUT2D eigenvalue weighted by Crippen LogP contribution is -2.16. The van der Waals surface area contributed by atoms with Gasteiger partial charge < -0.3 is 5.32 Å². The fourth-order valence-corrected chi connectivity index (χ4v) is 2.16. The first-order valence-corrected chi connectivity index (χ1v) is 6.97. The Kier molecular flexibility index (Phi) is 4.14. The van der Waals surface area contributed by atoms with Crippen molar-refractivity contribution in [2.75, 3.05) is 5.32 Å². The number of nitrogens with one attached hydrogen (secondary N) is 1. The molecule has 0 saturated heterocycles. The Morgan fingerprint density at radius 2 is 1.83 bits per heavy atom. The van der Waals surface area contributed by atoms with Crippen molar-refractivity contribution in [1.82, 2.24) is 9.78 Å². The number of aromatic nitrogens is 2. The monoisotopic (exact) mass is 313 g/mol. The van der Waals surface area contributed by atoms with Crippen molar-refractivity contribution >= 4 is 11.7 Å².